The van der Waals surface area contributed by atoms with Gasteiger partial charge in [0.2, 0.25) is 0 Å². The summed E-state index contributed by atoms with van der Waals surface area (Å²) in [6.45, 7) is 2.00. The first-order chi connectivity index (χ1) is 6.36. The molecule has 1 aliphatic rings. The topological polar surface area (TPSA) is 55.0 Å². The Morgan fingerprint density at radius 3 is 2.40 bits per heavy atom. The molecule has 2 heterocycles. The van der Waals surface area contributed by atoms with Crippen LogP contribution in [0, 0.1) is 0 Å². The first-order valence-corrected chi connectivity index (χ1v) is 4.63. The zero-order valence-electron chi connectivity index (χ0n) is 8.37. The Balaban J connectivity index is 0.000000980. The van der Waals surface area contributed by atoms with E-state index in [9.17, 15) is 0 Å². The van der Waals surface area contributed by atoms with Crippen molar-refractivity contribution in [3.8, 4) is 0 Å². The van der Waals surface area contributed by atoms with Crippen molar-refractivity contribution in [1.29, 1.82) is 0 Å². The van der Waals surface area contributed by atoms with Crippen molar-refractivity contribution in [3.05, 3.63) is 18.6 Å². The summed E-state index contributed by atoms with van der Waals surface area (Å²) in [5.74, 6) is 0.967. The first kappa shape index (κ1) is 14.4. The third-order valence-electron chi connectivity index (χ3n) is 2.41. The predicted octanol–water partition coefficient (Wildman–Crippen LogP) is 1.25. The van der Waals surface area contributed by atoms with E-state index in [1.807, 2.05) is 0 Å². The smallest absolute Gasteiger partial charge is 0.147 e. The van der Waals surface area contributed by atoms with E-state index in [1.165, 1.54) is 0 Å². The number of halogens is 2. The van der Waals surface area contributed by atoms with Crippen LogP contribution < -0.4 is 10.6 Å². The lowest BCUT2D eigenvalue weighted by molar-refractivity contribution is 0.498. The number of hydrogen-bond donors (Lipinski definition) is 1. The number of hydrogen-bond acceptors (Lipinski definition) is 4. The summed E-state index contributed by atoms with van der Waals surface area (Å²) in [5.41, 5.74) is 5.81. The van der Waals surface area contributed by atoms with Crippen LogP contribution >= 0.6 is 24.8 Å². The van der Waals surface area contributed by atoms with Gasteiger partial charge in [0.1, 0.15) is 5.82 Å². The van der Waals surface area contributed by atoms with Gasteiger partial charge in [0.15, 0.2) is 0 Å². The molecule has 1 aromatic rings. The lowest BCUT2D eigenvalue weighted by Crippen LogP contribution is -2.40. The molecule has 0 spiro atoms. The normalized spacial score (nSPS) is 16.5. The second-order valence-corrected chi connectivity index (χ2v) is 3.39. The summed E-state index contributed by atoms with van der Waals surface area (Å²) in [6.07, 6.45) is 7.33. The molecule has 1 saturated heterocycles. The van der Waals surface area contributed by atoms with Crippen molar-refractivity contribution in [2.45, 2.75) is 18.9 Å². The van der Waals surface area contributed by atoms with Gasteiger partial charge in [-0.05, 0) is 12.8 Å². The highest BCUT2D eigenvalue weighted by Gasteiger charge is 2.16. The minimum absolute atomic E-state index is 0. The first-order valence-electron chi connectivity index (χ1n) is 4.63. The fraction of sp³-hybridized carbons (Fsp3) is 0.556. The molecule has 1 fully saturated rings. The minimum Gasteiger partial charge on any atom is -0.355 e. The average Bonchev–Trinajstić information content (AvgIpc) is 2.20. The van der Waals surface area contributed by atoms with E-state index in [1.54, 1.807) is 18.6 Å². The molecule has 0 saturated carbocycles. The highest BCUT2D eigenvalue weighted by atomic mass is 35.5. The van der Waals surface area contributed by atoms with Gasteiger partial charge in [0, 0.05) is 31.5 Å². The number of nitrogens with zero attached hydrogens (tertiary/aromatic N) is 3. The lowest BCUT2D eigenvalue weighted by atomic mass is 10.1. The van der Waals surface area contributed by atoms with Crippen LogP contribution in [0.25, 0.3) is 0 Å². The highest BCUT2D eigenvalue weighted by molar-refractivity contribution is 5.85. The molecular weight excluding hydrogens is 235 g/mol. The quantitative estimate of drug-likeness (QED) is 0.816. The van der Waals surface area contributed by atoms with Crippen LogP contribution in [0.2, 0.25) is 0 Å². The van der Waals surface area contributed by atoms with Crippen molar-refractivity contribution >= 4 is 30.6 Å². The maximum Gasteiger partial charge on any atom is 0.147 e. The van der Waals surface area contributed by atoms with Gasteiger partial charge < -0.3 is 10.6 Å². The van der Waals surface area contributed by atoms with Crippen LogP contribution in [-0.4, -0.2) is 29.1 Å². The fourth-order valence-electron chi connectivity index (χ4n) is 1.58. The maximum absolute atomic E-state index is 5.81. The second-order valence-electron chi connectivity index (χ2n) is 3.39. The summed E-state index contributed by atoms with van der Waals surface area (Å²) >= 11 is 0. The van der Waals surface area contributed by atoms with Gasteiger partial charge >= 0.3 is 0 Å². The molecule has 0 unspecified atom stereocenters. The molecule has 1 aromatic heterocycles. The zero-order valence-corrected chi connectivity index (χ0v) is 10.0. The van der Waals surface area contributed by atoms with Gasteiger partial charge in [0.05, 0.1) is 6.20 Å². The Morgan fingerprint density at radius 2 is 1.87 bits per heavy atom. The standard InChI is InChI=1S/C9H14N4.2ClH/c10-8-1-5-13(6-2-8)9-7-11-3-4-12-9;;/h3-4,7-8H,1-2,5-6,10H2;2*1H. The average molecular weight is 251 g/mol. The van der Waals surface area contributed by atoms with Gasteiger partial charge in [0.25, 0.3) is 0 Å². The summed E-state index contributed by atoms with van der Waals surface area (Å²) < 4.78 is 0. The van der Waals surface area contributed by atoms with Gasteiger partial charge in [-0.3, -0.25) is 4.98 Å². The van der Waals surface area contributed by atoms with Gasteiger partial charge in [-0.15, -0.1) is 24.8 Å². The molecule has 6 heteroatoms. The summed E-state index contributed by atoms with van der Waals surface area (Å²) in [5, 5.41) is 0. The molecular formula is C9H16Cl2N4. The summed E-state index contributed by atoms with van der Waals surface area (Å²) in [4.78, 5) is 10.5. The van der Waals surface area contributed by atoms with Crippen LogP contribution in [0.15, 0.2) is 18.6 Å². The number of nitrogens with two attached hydrogens (primary N) is 1. The molecule has 15 heavy (non-hydrogen) atoms. The van der Waals surface area contributed by atoms with E-state index >= 15 is 0 Å². The minimum atomic E-state index is 0. The fourth-order valence-corrected chi connectivity index (χ4v) is 1.58. The third kappa shape index (κ3) is 3.81. The van der Waals surface area contributed by atoms with Crippen LogP contribution in [0.3, 0.4) is 0 Å². The highest BCUT2D eigenvalue weighted by Crippen LogP contribution is 2.14. The van der Waals surface area contributed by atoms with Crippen LogP contribution in [0.1, 0.15) is 12.8 Å². The van der Waals surface area contributed by atoms with E-state index in [0.29, 0.717) is 6.04 Å². The Labute approximate surface area is 102 Å². The van der Waals surface area contributed by atoms with E-state index in [-0.39, 0.29) is 24.8 Å². The predicted molar refractivity (Wildman–Crippen MR) is 66.0 cm³/mol. The molecule has 0 aliphatic carbocycles. The number of aromatic nitrogens is 2. The maximum atomic E-state index is 5.81. The summed E-state index contributed by atoms with van der Waals surface area (Å²) in [6, 6.07) is 0.368. The molecule has 0 bridgehead atoms. The van der Waals surface area contributed by atoms with Crippen LogP contribution in [-0.2, 0) is 0 Å². The van der Waals surface area contributed by atoms with E-state index in [2.05, 4.69) is 14.9 Å². The van der Waals surface area contributed by atoms with Gasteiger partial charge in [-0.1, -0.05) is 0 Å². The number of rotatable bonds is 1. The van der Waals surface area contributed by atoms with E-state index in [0.717, 1.165) is 31.7 Å². The molecule has 2 N–H and O–H groups in total. The third-order valence-corrected chi connectivity index (χ3v) is 2.41. The van der Waals surface area contributed by atoms with Crippen LogP contribution in [0.5, 0.6) is 0 Å². The number of piperidine rings is 1. The molecule has 0 radical (unpaired) electrons. The second kappa shape index (κ2) is 6.82. The van der Waals surface area contributed by atoms with Gasteiger partial charge in [-0.2, -0.15) is 0 Å². The van der Waals surface area contributed by atoms with Crippen molar-refractivity contribution in [3.63, 3.8) is 0 Å². The van der Waals surface area contributed by atoms with Crippen molar-refractivity contribution in [2.24, 2.45) is 5.73 Å². The van der Waals surface area contributed by atoms with Gasteiger partial charge in [-0.25, -0.2) is 4.98 Å². The van der Waals surface area contributed by atoms with Crippen LogP contribution in [0.4, 0.5) is 5.82 Å². The molecule has 1 aliphatic heterocycles. The Bertz CT molecular complexity index is 262. The Kier molecular flexibility index (Phi) is 6.56. The zero-order chi connectivity index (χ0) is 9.10. The van der Waals surface area contributed by atoms with Crippen molar-refractivity contribution in [1.82, 2.24) is 9.97 Å². The SMILES string of the molecule is Cl.Cl.NC1CCN(c2cnccn2)CC1. The molecule has 4 nitrogen and oxygen atoms in total. The molecule has 0 aromatic carbocycles. The van der Waals surface area contributed by atoms with Crippen molar-refractivity contribution in [2.75, 3.05) is 18.0 Å². The lowest BCUT2D eigenvalue weighted by Gasteiger charge is -2.30. The van der Waals surface area contributed by atoms with E-state index in [4.69, 9.17) is 5.73 Å². The summed E-state index contributed by atoms with van der Waals surface area (Å²) in [7, 11) is 0. The molecule has 0 atom stereocenters. The van der Waals surface area contributed by atoms with E-state index < -0.39 is 0 Å². The Morgan fingerprint density at radius 1 is 1.20 bits per heavy atom. The Hall–Kier alpha value is -0.580. The number of anilines is 1. The van der Waals surface area contributed by atoms with Crippen molar-refractivity contribution < 1.29 is 0 Å². The molecule has 86 valence electrons. The molecule has 2 rings (SSSR count). The monoisotopic (exact) mass is 250 g/mol. The largest absolute Gasteiger partial charge is 0.355 e. The molecule has 0 amide bonds.